The fourth-order valence-electron chi connectivity index (χ4n) is 5.21. The van der Waals surface area contributed by atoms with Gasteiger partial charge in [-0.2, -0.15) is 0 Å². The first-order chi connectivity index (χ1) is 15.5. The predicted molar refractivity (Wildman–Crippen MR) is 123 cm³/mol. The van der Waals surface area contributed by atoms with Gasteiger partial charge in [-0.05, 0) is 56.2 Å². The number of carbonyl (C=O) groups excluding carboxylic acids is 2. The van der Waals surface area contributed by atoms with Crippen LogP contribution in [0.1, 0.15) is 55.9 Å². The zero-order valence-corrected chi connectivity index (χ0v) is 18.3. The number of benzene rings is 2. The van der Waals surface area contributed by atoms with E-state index in [9.17, 15) is 14.0 Å². The summed E-state index contributed by atoms with van der Waals surface area (Å²) < 4.78 is 15.6. The molecule has 2 aromatic carbocycles. The van der Waals surface area contributed by atoms with E-state index in [0.29, 0.717) is 17.9 Å². The first-order valence-electron chi connectivity index (χ1n) is 11.5. The summed E-state index contributed by atoms with van der Waals surface area (Å²) in [4.78, 5) is 29.1. The molecule has 0 spiro atoms. The van der Waals surface area contributed by atoms with Crippen molar-refractivity contribution >= 4 is 28.4 Å². The number of amides is 2. The molecule has 32 heavy (non-hydrogen) atoms. The molecule has 1 atom stereocenters. The average molecular weight is 434 g/mol. The van der Waals surface area contributed by atoms with Gasteiger partial charge >= 0.3 is 0 Å². The highest BCUT2D eigenvalue weighted by molar-refractivity contribution is 6.14. The van der Waals surface area contributed by atoms with E-state index in [1.54, 1.807) is 17.0 Å². The van der Waals surface area contributed by atoms with Crippen LogP contribution in [-0.4, -0.2) is 28.0 Å². The number of halogens is 1. The second kappa shape index (κ2) is 8.08. The molecule has 0 radical (unpaired) electrons. The van der Waals surface area contributed by atoms with E-state index in [1.807, 2.05) is 41.8 Å². The minimum Gasteiger partial charge on any atom is -0.351 e. The monoisotopic (exact) mass is 433 g/mol. The number of nitrogens with zero attached hydrogens (tertiary/aromatic N) is 2. The van der Waals surface area contributed by atoms with Crippen LogP contribution in [-0.2, 0) is 11.3 Å². The minimum absolute atomic E-state index is 0.120. The van der Waals surface area contributed by atoms with Gasteiger partial charge in [-0.15, -0.1) is 0 Å². The summed E-state index contributed by atoms with van der Waals surface area (Å²) in [5.74, 6) is -0.792. The molecule has 1 aromatic heterocycles. The van der Waals surface area contributed by atoms with Gasteiger partial charge in [-0.25, -0.2) is 4.39 Å². The van der Waals surface area contributed by atoms with Gasteiger partial charge in [0.05, 0.1) is 6.54 Å². The molecule has 1 fully saturated rings. The Morgan fingerprint density at radius 2 is 1.72 bits per heavy atom. The van der Waals surface area contributed by atoms with Crippen LogP contribution in [0.15, 0.2) is 54.6 Å². The SMILES string of the molecule is C[C@@]1(C(=O)NC2CCCCCC2)Cn2c(cc3ccccc32)C(=O)N1c1ccc(F)cc1. The van der Waals surface area contributed by atoms with Crippen LogP contribution >= 0.6 is 0 Å². The fraction of sp³-hybridized carbons (Fsp3) is 0.385. The molecule has 1 aliphatic carbocycles. The van der Waals surface area contributed by atoms with Crippen LogP contribution < -0.4 is 10.2 Å². The van der Waals surface area contributed by atoms with Crippen LogP contribution in [0.5, 0.6) is 0 Å². The Morgan fingerprint density at radius 3 is 2.44 bits per heavy atom. The van der Waals surface area contributed by atoms with Gasteiger partial charge in [0.15, 0.2) is 0 Å². The van der Waals surface area contributed by atoms with Crippen molar-refractivity contribution in [1.29, 1.82) is 0 Å². The highest BCUT2D eigenvalue weighted by Gasteiger charge is 2.49. The summed E-state index contributed by atoms with van der Waals surface area (Å²) >= 11 is 0. The van der Waals surface area contributed by atoms with Crippen LogP contribution in [0, 0.1) is 5.82 Å². The maximum atomic E-state index is 13.8. The van der Waals surface area contributed by atoms with E-state index in [0.717, 1.165) is 36.6 Å². The number of hydrogen-bond acceptors (Lipinski definition) is 2. The molecule has 6 heteroatoms. The molecule has 0 saturated heterocycles. The Hall–Kier alpha value is -3.15. The number of rotatable bonds is 3. The van der Waals surface area contributed by atoms with Crippen molar-refractivity contribution in [1.82, 2.24) is 9.88 Å². The number of carbonyl (C=O) groups is 2. The number of aromatic nitrogens is 1. The smallest absolute Gasteiger partial charge is 0.275 e. The maximum Gasteiger partial charge on any atom is 0.275 e. The van der Waals surface area contributed by atoms with Crippen molar-refractivity contribution in [2.75, 3.05) is 4.90 Å². The Bertz CT molecular complexity index is 1160. The standard InChI is InChI=1S/C26H28FN3O2/c1-26(25(32)28-20-9-4-2-3-5-10-20)17-29-22-11-7-6-8-18(22)16-23(29)24(31)30(26)21-14-12-19(27)13-15-21/h6-8,11-16,20H,2-5,9-10,17H2,1H3,(H,28,32)/t26-/m0/s1. The summed E-state index contributed by atoms with van der Waals surface area (Å²) in [6, 6.07) is 15.6. The number of fused-ring (bicyclic) bond motifs is 3. The highest BCUT2D eigenvalue weighted by atomic mass is 19.1. The Balaban J connectivity index is 1.59. The van der Waals surface area contributed by atoms with Crippen LogP contribution in [0.3, 0.4) is 0 Å². The average Bonchev–Trinajstić information content (AvgIpc) is 2.96. The van der Waals surface area contributed by atoms with Crippen LogP contribution in [0.2, 0.25) is 0 Å². The maximum absolute atomic E-state index is 13.8. The molecule has 3 aromatic rings. The minimum atomic E-state index is -1.14. The Kier molecular flexibility index (Phi) is 5.24. The van der Waals surface area contributed by atoms with E-state index < -0.39 is 5.54 Å². The molecule has 2 amide bonds. The van der Waals surface area contributed by atoms with E-state index >= 15 is 0 Å². The molecular weight excluding hydrogens is 405 g/mol. The molecule has 2 heterocycles. The second-order valence-corrected chi connectivity index (χ2v) is 9.23. The van der Waals surface area contributed by atoms with Crippen molar-refractivity contribution in [3.05, 3.63) is 66.1 Å². The van der Waals surface area contributed by atoms with Crippen molar-refractivity contribution < 1.29 is 14.0 Å². The topological polar surface area (TPSA) is 54.3 Å². The van der Waals surface area contributed by atoms with E-state index in [1.165, 1.54) is 25.0 Å². The fourth-order valence-corrected chi connectivity index (χ4v) is 5.21. The highest BCUT2D eigenvalue weighted by Crippen LogP contribution is 2.36. The van der Waals surface area contributed by atoms with Gasteiger partial charge in [0.25, 0.3) is 5.91 Å². The van der Waals surface area contributed by atoms with Gasteiger partial charge in [0, 0.05) is 22.6 Å². The first kappa shape index (κ1) is 20.7. The van der Waals surface area contributed by atoms with Gasteiger partial charge in [0.2, 0.25) is 5.91 Å². The van der Waals surface area contributed by atoms with Crippen molar-refractivity contribution in [2.45, 2.75) is 63.6 Å². The molecule has 1 saturated carbocycles. The van der Waals surface area contributed by atoms with Gasteiger partial charge < -0.3 is 9.88 Å². The summed E-state index contributed by atoms with van der Waals surface area (Å²) in [6.07, 6.45) is 6.53. The summed E-state index contributed by atoms with van der Waals surface area (Å²) in [5.41, 5.74) is 0.848. The quantitative estimate of drug-likeness (QED) is 0.589. The summed E-state index contributed by atoms with van der Waals surface area (Å²) in [7, 11) is 0. The molecule has 1 aliphatic heterocycles. The largest absolute Gasteiger partial charge is 0.351 e. The number of hydrogen-bond donors (Lipinski definition) is 1. The molecule has 5 nitrogen and oxygen atoms in total. The second-order valence-electron chi connectivity index (χ2n) is 9.23. The number of anilines is 1. The molecule has 1 N–H and O–H groups in total. The van der Waals surface area contributed by atoms with E-state index in [4.69, 9.17) is 0 Å². The Morgan fingerprint density at radius 1 is 1.03 bits per heavy atom. The number of para-hydroxylation sites is 1. The van der Waals surface area contributed by atoms with Gasteiger partial charge in [-0.1, -0.05) is 43.9 Å². The third-order valence-corrected chi connectivity index (χ3v) is 6.96. The molecule has 166 valence electrons. The van der Waals surface area contributed by atoms with Gasteiger partial charge in [-0.3, -0.25) is 14.5 Å². The number of nitrogens with one attached hydrogen (secondary N) is 1. The zero-order valence-electron chi connectivity index (χ0n) is 18.3. The molecule has 0 unspecified atom stereocenters. The molecular formula is C26H28FN3O2. The molecule has 5 rings (SSSR count). The van der Waals surface area contributed by atoms with E-state index in [-0.39, 0.29) is 23.7 Å². The summed E-state index contributed by atoms with van der Waals surface area (Å²) in [6.45, 7) is 2.15. The lowest BCUT2D eigenvalue weighted by molar-refractivity contribution is -0.127. The lowest BCUT2D eigenvalue weighted by atomic mass is 9.92. The van der Waals surface area contributed by atoms with E-state index in [2.05, 4.69) is 5.32 Å². The predicted octanol–water partition coefficient (Wildman–Crippen LogP) is 5.04. The van der Waals surface area contributed by atoms with Crippen molar-refractivity contribution in [3.8, 4) is 0 Å². The lowest BCUT2D eigenvalue weighted by Crippen LogP contribution is -2.65. The first-order valence-corrected chi connectivity index (χ1v) is 11.5. The third-order valence-electron chi connectivity index (χ3n) is 6.96. The third kappa shape index (κ3) is 3.48. The summed E-state index contributed by atoms with van der Waals surface area (Å²) in [5, 5.41) is 4.21. The molecule has 0 bridgehead atoms. The Labute approximate surface area is 187 Å². The zero-order chi connectivity index (χ0) is 22.3. The van der Waals surface area contributed by atoms with Crippen LogP contribution in [0.4, 0.5) is 10.1 Å². The van der Waals surface area contributed by atoms with Crippen molar-refractivity contribution in [3.63, 3.8) is 0 Å². The normalized spacial score (nSPS) is 21.9. The van der Waals surface area contributed by atoms with Gasteiger partial charge in [0.1, 0.15) is 17.1 Å². The lowest BCUT2D eigenvalue weighted by Gasteiger charge is -2.44. The van der Waals surface area contributed by atoms with Crippen molar-refractivity contribution in [2.24, 2.45) is 0 Å². The molecule has 2 aliphatic rings. The van der Waals surface area contributed by atoms with Crippen LogP contribution in [0.25, 0.3) is 10.9 Å².